The highest BCUT2D eigenvalue weighted by Crippen LogP contribution is 2.15. The summed E-state index contributed by atoms with van der Waals surface area (Å²) in [6.07, 6.45) is 3.57. The molecule has 0 N–H and O–H groups in total. The lowest BCUT2D eigenvalue weighted by Crippen LogP contribution is -1.87. The molecule has 3 heteroatoms. The van der Waals surface area contributed by atoms with Crippen molar-refractivity contribution in [1.29, 1.82) is 0 Å². The van der Waals surface area contributed by atoms with Crippen molar-refractivity contribution >= 4 is 22.6 Å². The van der Waals surface area contributed by atoms with Crippen LogP contribution in [0, 0.1) is 6.42 Å². The molecular weight excluding hydrogens is 184 g/mol. The van der Waals surface area contributed by atoms with Crippen LogP contribution in [0.25, 0.3) is 11.0 Å². The van der Waals surface area contributed by atoms with Gasteiger partial charge >= 0.3 is 0 Å². The third kappa shape index (κ3) is 1.63. The van der Waals surface area contributed by atoms with E-state index in [9.17, 15) is 0 Å². The van der Waals surface area contributed by atoms with Gasteiger partial charge in [-0.15, -0.1) is 0 Å². The minimum absolute atomic E-state index is 0.619. The molecule has 2 aromatic rings. The Balaban J connectivity index is 2.68. The minimum atomic E-state index is 0.619. The third-order valence-corrected chi connectivity index (χ3v) is 2.03. The largest absolute Gasteiger partial charge is 0.253 e. The van der Waals surface area contributed by atoms with Crippen LogP contribution in [0.4, 0.5) is 0 Å². The van der Waals surface area contributed by atoms with Gasteiger partial charge in [0.2, 0.25) is 0 Å². The molecule has 13 heavy (non-hydrogen) atoms. The zero-order valence-electron chi connectivity index (χ0n) is 7.16. The maximum atomic E-state index is 5.80. The summed E-state index contributed by atoms with van der Waals surface area (Å²) in [5.74, 6) is 0. The summed E-state index contributed by atoms with van der Waals surface area (Å²) in [6.45, 7) is 1.95. The number of nitrogens with zero attached hydrogens (tertiary/aromatic N) is 2. The van der Waals surface area contributed by atoms with Crippen LogP contribution < -0.4 is 0 Å². The van der Waals surface area contributed by atoms with E-state index in [1.165, 1.54) is 0 Å². The van der Waals surface area contributed by atoms with Crippen molar-refractivity contribution in [2.75, 3.05) is 0 Å². The molecule has 2 nitrogen and oxygen atoms in total. The second kappa shape index (κ2) is 3.30. The Bertz CT molecular complexity index is 440. The fourth-order valence-corrected chi connectivity index (χ4v) is 1.31. The Morgan fingerprint density at radius 3 is 2.92 bits per heavy atom. The predicted molar refractivity (Wildman–Crippen MR) is 53.6 cm³/mol. The van der Waals surface area contributed by atoms with Gasteiger partial charge in [0.25, 0.3) is 0 Å². The molecule has 0 amide bonds. The van der Waals surface area contributed by atoms with E-state index in [0.717, 1.165) is 16.7 Å². The summed E-state index contributed by atoms with van der Waals surface area (Å²) in [4.78, 5) is 8.50. The highest BCUT2D eigenvalue weighted by molar-refractivity contribution is 6.31. The normalized spacial score (nSPS) is 10.6. The minimum Gasteiger partial charge on any atom is -0.253 e. The van der Waals surface area contributed by atoms with Crippen LogP contribution in [0.3, 0.4) is 0 Å². The van der Waals surface area contributed by atoms with Crippen molar-refractivity contribution in [3.63, 3.8) is 0 Å². The van der Waals surface area contributed by atoms with Gasteiger partial charge < -0.3 is 0 Å². The van der Waals surface area contributed by atoms with Gasteiger partial charge in [-0.05, 0) is 18.2 Å². The Kier molecular flexibility index (Phi) is 2.15. The Labute approximate surface area is 81.6 Å². The van der Waals surface area contributed by atoms with Gasteiger partial charge in [-0.2, -0.15) is 0 Å². The fourth-order valence-electron chi connectivity index (χ4n) is 1.16. The quantitative estimate of drug-likeness (QED) is 0.693. The van der Waals surface area contributed by atoms with Crippen molar-refractivity contribution in [2.45, 2.75) is 6.92 Å². The third-order valence-electron chi connectivity index (χ3n) is 1.82. The smallest absolute Gasteiger partial charge is 0.0904 e. The first kappa shape index (κ1) is 8.45. The van der Waals surface area contributed by atoms with Crippen LogP contribution in [0.1, 0.15) is 12.6 Å². The zero-order chi connectivity index (χ0) is 9.26. The molecular formula is C10H8ClN2. The van der Waals surface area contributed by atoms with E-state index >= 15 is 0 Å². The molecule has 1 radical (unpaired) electrons. The van der Waals surface area contributed by atoms with Crippen LogP contribution in [0.5, 0.6) is 0 Å². The average Bonchev–Trinajstić information content (AvgIpc) is 2.16. The lowest BCUT2D eigenvalue weighted by atomic mass is 10.2. The van der Waals surface area contributed by atoms with Crippen molar-refractivity contribution in [3.05, 3.63) is 41.5 Å². The van der Waals surface area contributed by atoms with Gasteiger partial charge in [0.05, 0.1) is 16.1 Å². The Hall–Kier alpha value is -1.15. The van der Waals surface area contributed by atoms with Crippen LogP contribution in [0.2, 0.25) is 5.02 Å². The Morgan fingerprint density at radius 1 is 1.31 bits per heavy atom. The summed E-state index contributed by atoms with van der Waals surface area (Å²) >= 11 is 5.80. The SMILES string of the molecule is C[CH]c1ccc2ncc(Cl)cc2n1. The van der Waals surface area contributed by atoms with Gasteiger partial charge in [-0.1, -0.05) is 18.5 Å². The predicted octanol–water partition coefficient (Wildman–Crippen LogP) is 2.86. The topological polar surface area (TPSA) is 25.8 Å². The summed E-state index contributed by atoms with van der Waals surface area (Å²) in [5, 5.41) is 0.619. The molecule has 2 aromatic heterocycles. The molecule has 0 bridgehead atoms. The van der Waals surface area contributed by atoms with E-state index in [0.29, 0.717) is 5.02 Å². The number of hydrogen-bond acceptors (Lipinski definition) is 2. The number of pyridine rings is 2. The van der Waals surface area contributed by atoms with E-state index in [4.69, 9.17) is 11.6 Å². The van der Waals surface area contributed by atoms with Crippen LogP contribution in [-0.2, 0) is 0 Å². The first-order chi connectivity index (χ1) is 6.29. The molecule has 65 valence electrons. The van der Waals surface area contributed by atoms with Crippen LogP contribution >= 0.6 is 11.6 Å². The highest BCUT2D eigenvalue weighted by Gasteiger charge is 1.98. The van der Waals surface area contributed by atoms with E-state index in [1.54, 1.807) is 6.20 Å². The molecule has 0 saturated carbocycles. The molecule has 0 saturated heterocycles. The maximum absolute atomic E-state index is 5.80. The molecule has 0 aliphatic carbocycles. The first-order valence-electron chi connectivity index (χ1n) is 4.01. The fraction of sp³-hybridized carbons (Fsp3) is 0.100. The second-order valence-electron chi connectivity index (χ2n) is 2.72. The van der Waals surface area contributed by atoms with Gasteiger partial charge in [-0.25, -0.2) is 0 Å². The van der Waals surface area contributed by atoms with Gasteiger partial charge in [0.1, 0.15) is 0 Å². The zero-order valence-corrected chi connectivity index (χ0v) is 7.92. The second-order valence-corrected chi connectivity index (χ2v) is 3.15. The monoisotopic (exact) mass is 191 g/mol. The van der Waals surface area contributed by atoms with Crippen LogP contribution in [0.15, 0.2) is 24.4 Å². The van der Waals surface area contributed by atoms with E-state index in [2.05, 4.69) is 9.97 Å². The number of halogens is 1. The number of hydrogen-bond donors (Lipinski definition) is 0. The molecule has 0 unspecified atom stereocenters. The maximum Gasteiger partial charge on any atom is 0.0904 e. The molecule has 0 spiro atoms. The molecule has 0 fully saturated rings. The molecule has 2 rings (SSSR count). The highest BCUT2D eigenvalue weighted by atomic mass is 35.5. The standard InChI is InChI=1S/C10H8ClN2/c1-2-8-3-4-9-10(13-8)5-7(11)6-12-9/h2-6H,1H3. The van der Waals surface area contributed by atoms with Crippen molar-refractivity contribution < 1.29 is 0 Å². The lowest BCUT2D eigenvalue weighted by molar-refractivity contribution is 1.23. The number of rotatable bonds is 1. The summed E-state index contributed by atoms with van der Waals surface area (Å²) in [6, 6.07) is 5.69. The molecule has 0 atom stereocenters. The van der Waals surface area contributed by atoms with E-state index < -0.39 is 0 Å². The molecule has 0 aliphatic rings. The van der Waals surface area contributed by atoms with Gasteiger partial charge in [-0.3, -0.25) is 9.97 Å². The number of aromatic nitrogens is 2. The van der Waals surface area contributed by atoms with Gasteiger partial charge in [0.15, 0.2) is 0 Å². The van der Waals surface area contributed by atoms with Crippen molar-refractivity contribution in [1.82, 2.24) is 9.97 Å². The van der Waals surface area contributed by atoms with E-state index in [-0.39, 0.29) is 0 Å². The first-order valence-corrected chi connectivity index (χ1v) is 4.39. The number of fused-ring (bicyclic) bond motifs is 1. The lowest BCUT2D eigenvalue weighted by Gasteiger charge is -1.99. The van der Waals surface area contributed by atoms with Crippen molar-refractivity contribution in [2.24, 2.45) is 0 Å². The summed E-state index contributed by atoms with van der Waals surface area (Å²) in [7, 11) is 0. The van der Waals surface area contributed by atoms with Crippen LogP contribution in [-0.4, -0.2) is 9.97 Å². The molecule has 0 aliphatic heterocycles. The average molecular weight is 192 g/mol. The van der Waals surface area contributed by atoms with E-state index in [1.807, 2.05) is 31.5 Å². The Morgan fingerprint density at radius 2 is 2.15 bits per heavy atom. The summed E-state index contributed by atoms with van der Waals surface area (Å²) in [5.41, 5.74) is 2.65. The molecule has 0 aromatic carbocycles. The van der Waals surface area contributed by atoms with Crippen molar-refractivity contribution in [3.8, 4) is 0 Å². The van der Waals surface area contributed by atoms with Gasteiger partial charge in [0, 0.05) is 18.3 Å². The summed E-state index contributed by atoms with van der Waals surface area (Å²) < 4.78 is 0. The molecule has 2 heterocycles.